The van der Waals surface area contributed by atoms with Crippen LogP contribution < -0.4 is 5.32 Å². The van der Waals surface area contributed by atoms with Crippen LogP contribution in [0.15, 0.2) is 65.4 Å². The maximum atomic E-state index is 12.7. The summed E-state index contributed by atoms with van der Waals surface area (Å²) in [6, 6.07) is 9.66. The van der Waals surface area contributed by atoms with Crippen LogP contribution in [0.4, 0.5) is 10.7 Å². The van der Waals surface area contributed by atoms with Crippen molar-refractivity contribution in [3.05, 3.63) is 76.1 Å². The summed E-state index contributed by atoms with van der Waals surface area (Å²) in [5.74, 6) is -0.742. The van der Waals surface area contributed by atoms with Crippen LogP contribution in [0.1, 0.15) is 31.2 Å². The molecule has 2 amide bonds. The minimum atomic E-state index is -0.978. The summed E-state index contributed by atoms with van der Waals surface area (Å²) >= 11 is 0. The van der Waals surface area contributed by atoms with Gasteiger partial charge < -0.3 is 4.74 Å². The highest BCUT2D eigenvalue weighted by molar-refractivity contribution is 6.48. The van der Waals surface area contributed by atoms with Crippen LogP contribution in [0.2, 0.25) is 0 Å². The molecule has 1 unspecified atom stereocenters. The van der Waals surface area contributed by atoms with Gasteiger partial charge in [0.15, 0.2) is 0 Å². The normalized spacial score (nSPS) is 17.7. The maximum Gasteiger partial charge on any atom is 0.434 e. The lowest BCUT2D eigenvalue weighted by Gasteiger charge is -2.18. The van der Waals surface area contributed by atoms with Crippen LogP contribution in [0.25, 0.3) is 0 Å². The Labute approximate surface area is 178 Å². The number of amides is 2. The molecule has 1 aromatic heterocycles. The number of carbonyl (C=O) groups excluding carboxylic acids is 2. The first kappa shape index (κ1) is 21.8. The molecule has 10 heteroatoms. The minimum absolute atomic E-state index is 0.0192. The summed E-state index contributed by atoms with van der Waals surface area (Å²) < 4.78 is 5.12. The fourth-order valence-corrected chi connectivity index (χ4v) is 3.13. The van der Waals surface area contributed by atoms with Gasteiger partial charge in [0.05, 0.1) is 0 Å². The van der Waals surface area contributed by atoms with Gasteiger partial charge in [-0.05, 0) is 37.0 Å². The quantitative estimate of drug-likeness (QED) is 0.427. The SMILES string of the molecule is O=C(/N=C(\C=C1/CCCCC1[N+](=O)[O-])C(=O)Nc1ncccn1)OCc1ccccc1. The van der Waals surface area contributed by atoms with E-state index in [1.807, 2.05) is 6.07 Å². The third-order valence-corrected chi connectivity index (χ3v) is 4.64. The van der Waals surface area contributed by atoms with E-state index in [0.29, 0.717) is 18.4 Å². The highest BCUT2D eigenvalue weighted by Gasteiger charge is 2.29. The molecule has 0 spiro atoms. The van der Waals surface area contributed by atoms with Crippen LogP contribution in [-0.2, 0) is 16.1 Å². The molecular formula is C21H21N5O5. The van der Waals surface area contributed by atoms with Crippen molar-refractivity contribution in [2.45, 2.75) is 38.3 Å². The van der Waals surface area contributed by atoms with Crippen molar-refractivity contribution in [1.29, 1.82) is 0 Å². The molecule has 0 aliphatic heterocycles. The van der Waals surface area contributed by atoms with Gasteiger partial charge >= 0.3 is 6.09 Å². The van der Waals surface area contributed by atoms with E-state index in [1.54, 1.807) is 30.3 Å². The Morgan fingerprint density at radius 3 is 2.65 bits per heavy atom. The zero-order valence-electron chi connectivity index (χ0n) is 16.6. The summed E-state index contributed by atoms with van der Waals surface area (Å²) in [6.45, 7) is -0.0199. The maximum absolute atomic E-state index is 12.7. The molecule has 3 rings (SSSR count). The lowest BCUT2D eigenvalue weighted by atomic mass is 9.89. The standard InChI is InChI=1S/C21H21N5O5/c27-19(25-20-22-11-6-12-23-20)17(13-16-9-4-5-10-18(16)26(29)30)24-21(28)31-14-15-7-2-1-3-8-15/h1-3,6-8,11-13,18H,4-5,9-10,14H2,(H,22,23,25,27)/b16-13+,24-17+. The Morgan fingerprint density at radius 2 is 1.94 bits per heavy atom. The highest BCUT2D eigenvalue weighted by Crippen LogP contribution is 2.26. The Balaban J connectivity index is 1.82. The molecule has 1 N–H and O–H groups in total. The van der Waals surface area contributed by atoms with Crippen molar-refractivity contribution in [3.8, 4) is 0 Å². The Hall–Kier alpha value is -3.95. The number of hydrogen-bond donors (Lipinski definition) is 1. The summed E-state index contributed by atoms with van der Waals surface area (Å²) in [6.07, 6.45) is 5.49. The molecule has 0 bridgehead atoms. The monoisotopic (exact) mass is 423 g/mol. The smallest absolute Gasteiger partial charge is 0.434 e. The van der Waals surface area contributed by atoms with E-state index in [9.17, 15) is 19.7 Å². The second-order valence-electron chi connectivity index (χ2n) is 6.83. The number of carbonyl (C=O) groups is 2. The fraction of sp³-hybridized carbons (Fsp3) is 0.286. The number of nitro groups is 1. The minimum Gasteiger partial charge on any atom is -0.443 e. The van der Waals surface area contributed by atoms with Gasteiger partial charge in [-0.1, -0.05) is 30.3 Å². The van der Waals surface area contributed by atoms with Crippen LogP contribution in [0, 0.1) is 10.1 Å². The number of aromatic nitrogens is 2. The zero-order chi connectivity index (χ0) is 22.1. The molecule has 31 heavy (non-hydrogen) atoms. The number of ether oxygens (including phenoxy) is 1. The van der Waals surface area contributed by atoms with Crippen molar-refractivity contribution in [1.82, 2.24) is 9.97 Å². The average Bonchev–Trinajstić information content (AvgIpc) is 2.79. The van der Waals surface area contributed by atoms with Gasteiger partial charge in [-0.3, -0.25) is 20.2 Å². The molecule has 1 atom stereocenters. The lowest BCUT2D eigenvalue weighted by Crippen LogP contribution is -2.29. The van der Waals surface area contributed by atoms with Gasteiger partial charge in [-0.2, -0.15) is 4.99 Å². The molecule has 1 aromatic carbocycles. The number of rotatable bonds is 6. The Kier molecular flexibility index (Phi) is 7.52. The fourth-order valence-electron chi connectivity index (χ4n) is 3.13. The van der Waals surface area contributed by atoms with Crippen LogP contribution >= 0.6 is 0 Å². The van der Waals surface area contributed by atoms with E-state index in [2.05, 4.69) is 20.3 Å². The van der Waals surface area contributed by atoms with Gasteiger partial charge in [0.25, 0.3) is 5.91 Å². The largest absolute Gasteiger partial charge is 0.443 e. The third kappa shape index (κ3) is 6.53. The summed E-state index contributed by atoms with van der Waals surface area (Å²) in [5, 5.41) is 13.8. The summed E-state index contributed by atoms with van der Waals surface area (Å²) in [5.41, 5.74) is 0.901. The molecule has 1 fully saturated rings. The first-order valence-electron chi connectivity index (χ1n) is 9.74. The molecule has 1 heterocycles. The summed E-state index contributed by atoms with van der Waals surface area (Å²) in [7, 11) is 0. The number of nitrogens with one attached hydrogen (secondary N) is 1. The van der Waals surface area contributed by atoms with Crippen LogP contribution in [0.5, 0.6) is 0 Å². The molecule has 0 saturated heterocycles. The molecule has 1 saturated carbocycles. The Morgan fingerprint density at radius 1 is 1.19 bits per heavy atom. The van der Waals surface area contributed by atoms with Crippen molar-refractivity contribution in [2.75, 3.05) is 5.32 Å². The second-order valence-corrected chi connectivity index (χ2v) is 6.83. The third-order valence-electron chi connectivity index (χ3n) is 4.64. The number of aliphatic imine (C=N–C) groups is 1. The zero-order valence-corrected chi connectivity index (χ0v) is 16.6. The van der Waals surface area contributed by atoms with Crippen molar-refractivity contribution in [3.63, 3.8) is 0 Å². The summed E-state index contributed by atoms with van der Waals surface area (Å²) in [4.78, 5) is 47.6. The van der Waals surface area contributed by atoms with Gasteiger partial charge in [-0.25, -0.2) is 14.8 Å². The van der Waals surface area contributed by atoms with Gasteiger partial charge in [0.2, 0.25) is 12.0 Å². The van der Waals surface area contributed by atoms with Crippen molar-refractivity contribution >= 4 is 23.7 Å². The molecule has 10 nitrogen and oxygen atoms in total. The number of nitrogens with zero attached hydrogens (tertiary/aromatic N) is 4. The first-order chi connectivity index (χ1) is 15.0. The molecule has 160 valence electrons. The predicted molar refractivity (Wildman–Crippen MR) is 112 cm³/mol. The van der Waals surface area contributed by atoms with Gasteiger partial charge in [0.1, 0.15) is 12.3 Å². The molecular weight excluding hydrogens is 402 g/mol. The van der Waals surface area contributed by atoms with E-state index < -0.39 is 18.0 Å². The van der Waals surface area contributed by atoms with E-state index >= 15 is 0 Å². The van der Waals surface area contributed by atoms with E-state index in [1.165, 1.54) is 18.5 Å². The van der Waals surface area contributed by atoms with Gasteiger partial charge in [-0.15, -0.1) is 0 Å². The van der Waals surface area contributed by atoms with Crippen LogP contribution in [-0.4, -0.2) is 38.6 Å². The van der Waals surface area contributed by atoms with E-state index in [-0.39, 0.29) is 23.2 Å². The molecule has 1 aliphatic carbocycles. The number of hydrogen-bond acceptors (Lipinski definition) is 7. The van der Waals surface area contributed by atoms with Crippen LogP contribution in [0.3, 0.4) is 0 Å². The predicted octanol–water partition coefficient (Wildman–Crippen LogP) is 3.34. The van der Waals surface area contributed by atoms with E-state index in [4.69, 9.17) is 4.74 Å². The van der Waals surface area contributed by atoms with Crippen molar-refractivity contribution in [2.24, 2.45) is 4.99 Å². The number of anilines is 1. The second kappa shape index (κ2) is 10.7. The van der Waals surface area contributed by atoms with E-state index in [0.717, 1.165) is 18.4 Å². The topological polar surface area (TPSA) is 137 Å². The molecule has 1 aliphatic rings. The van der Waals surface area contributed by atoms with Gasteiger partial charge in [0, 0.05) is 29.3 Å². The Bertz CT molecular complexity index is 992. The molecule has 2 aromatic rings. The molecule has 0 radical (unpaired) electrons. The first-order valence-corrected chi connectivity index (χ1v) is 9.74. The lowest BCUT2D eigenvalue weighted by molar-refractivity contribution is -0.514. The number of benzene rings is 1. The van der Waals surface area contributed by atoms with Crippen molar-refractivity contribution < 1.29 is 19.2 Å². The highest BCUT2D eigenvalue weighted by atomic mass is 16.6. The average molecular weight is 423 g/mol.